The van der Waals surface area contributed by atoms with Gasteiger partial charge in [-0.2, -0.15) is 0 Å². The van der Waals surface area contributed by atoms with Crippen molar-refractivity contribution in [2.45, 2.75) is 45.4 Å². The van der Waals surface area contributed by atoms with Crippen molar-refractivity contribution >= 4 is 46.6 Å². The molecule has 0 aliphatic carbocycles. The molecule has 8 heteroatoms. The number of nitrogens with one attached hydrogen (secondary N) is 3. The minimum atomic E-state index is -0.794. The number of fused-ring (bicyclic) bond motifs is 2. The van der Waals surface area contributed by atoms with Crippen LogP contribution < -0.4 is 16.0 Å². The van der Waals surface area contributed by atoms with Crippen molar-refractivity contribution in [3.63, 3.8) is 0 Å². The lowest BCUT2D eigenvalue weighted by molar-refractivity contribution is -0.143. The summed E-state index contributed by atoms with van der Waals surface area (Å²) in [6.07, 6.45) is 0. The molecule has 4 rings (SSSR count). The molecule has 7 nitrogen and oxygen atoms in total. The van der Waals surface area contributed by atoms with E-state index in [0.717, 1.165) is 21.9 Å². The Balaban J connectivity index is 0.00000361. The van der Waals surface area contributed by atoms with Crippen LogP contribution in [0.25, 0.3) is 10.8 Å². The number of likely N-dealkylation sites (N-methyl/N-ethyl adjacent to an activating group) is 1. The Morgan fingerprint density at radius 2 is 1.58 bits per heavy atom. The summed E-state index contributed by atoms with van der Waals surface area (Å²) in [5.74, 6) is -0.961. The van der Waals surface area contributed by atoms with Crippen molar-refractivity contribution in [2.24, 2.45) is 5.92 Å². The second kappa shape index (κ2) is 11.5. The number of amides is 3. The summed E-state index contributed by atoms with van der Waals surface area (Å²) in [6, 6.07) is 19.2. The van der Waals surface area contributed by atoms with Gasteiger partial charge >= 0.3 is 0 Å². The Labute approximate surface area is 218 Å². The van der Waals surface area contributed by atoms with E-state index in [1.807, 2.05) is 80.6 Å². The summed E-state index contributed by atoms with van der Waals surface area (Å²) in [7, 11) is 1.70. The first kappa shape index (κ1) is 27.2. The highest BCUT2D eigenvalue weighted by Gasteiger charge is 2.42. The molecule has 3 aromatic carbocycles. The smallest absolute Gasteiger partial charge is 0.251 e. The Morgan fingerprint density at radius 1 is 0.917 bits per heavy atom. The maximum atomic E-state index is 13.8. The van der Waals surface area contributed by atoms with Crippen LogP contribution in [0, 0.1) is 5.92 Å². The minimum absolute atomic E-state index is 0. The normalized spacial score (nSPS) is 16.1. The van der Waals surface area contributed by atoms with E-state index in [-0.39, 0.29) is 36.0 Å². The van der Waals surface area contributed by atoms with Crippen molar-refractivity contribution in [2.75, 3.05) is 12.4 Å². The van der Waals surface area contributed by atoms with Crippen LogP contribution in [-0.2, 0) is 20.9 Å². The third kappa shape index (κ3) is 5.37. The number of hydrogen-bond donors (Lipinski definition) is 3. The van der Waals surface area contributed by atoms with Crippen molar-refractivity contribution in [1.82, 2.24) is 15.5 Å². The van der Waals surface area contributed by atoms with Gasteiger partial charge in [-0.1, -0.05) is 74.5 Å². The van der Waals surface area contributed by atoms with Gasteiger partial charge in [0.1, 0.15) is 12.1 Å². The van der Waals surface area contributed by atoms with Gasteiger partial charge in [0.25, 0.3) is 5.91 Å². The van der Waals surface area contributed by atoms with E-state index in [2.05, 4.69) is 16.0 Å². The zero-order chi connectivity index (χ0) is 25.1. The van der Waals surface area contributed by atoms with E-state index in [1.165, 1.54) is 0 Å². The van der Waals surface area contributed by atoms with Crippen LogP contribution in [0.4, 0.5) is 5.69 Å². The Kier molecular flexibility index (Phi) is 8.71. The van der Waals surface area contributed by atoms with Crippen molar-refractivity contribution < 1.29 is 14.4 Å². The molecule has 0 aromatic heterocycles. The van der Waals surface area contributed by atoms with Crippen LogP contribution in [0.1, 0.15) is 37.9 Å². The standard InChI is InChI=1S/C28H32N4O3.ClH/c1-17(2)24(31-26(33)18(3)29-4)28(35)32-16-20-11-6-8-14-22(20)25(32)27(34)30-23-15-9-12-19-10-5-7-13-21(19)23;/h5-15,17-18,24-25,29H,16H2,1-4H3,(H,30,34)(H,31,33);1H/t18?,24?,25-;/m1./s1. The molecule has 0 radical (unpaired) electrons. The second-order valence-corrected chi connectivity index (χ2v) is 9.32. The van der Waals surface area contributed by atoms with Gasteiger partial charge in [0.2, 0.25) is 11.8 Å². The van der Waals surface area contributed by atoms with E-state index in [9.17, 15) is 14.4 Å². The molecule has 3 aromatic rings. The Hall–Kier alpha value is -3.42. The molecule has 3 amide bonds. The van der Waals surface area contributed by atoms with Crippen LogP contribution in [0.3, 0.4) is 0 Å². The maximum absolute atomic E-state index is 13.8. The zero-order valence-corrected chi connectivity index (χ0v) is 21.8. The SMILES string of the molecule is CNC(C)C(=O)NC(C(=O)N1Cc2ccccc2[C@@H]1C(=O)Nc1cccc2ccccc12)C(C)C.Cl. The van der Waals surface area contributed by atoms with Crippen molar-refractivity contribution in [3.8, 4) is 0 Å². The average Bonchev–Trinajstić information content (AvgIpc) is 3.26. The average molecular weight is 509 g/mol. The van der Waals surface area contributed by atoms with E-state index in [1.54, 1.807) is 18.9 Å². The molecule has 0 bridgehead atoms. The molecular formula is C28H33ClN4O3. The number of halogens is 1. The van der Waals surface area contributed by atoms with E-state index in [0.29, 0.717) is 12.2 Å². The molecule has 3 atom stereocenters. The topological polar surface area (TPSA) is 90.5 Å². The monoisotopic (exact) mass is 508 g/mol. The van der Waals surface area contributed by atoms with Crippen LogP contribution in [0.15, 0.2) is 66.7 Å². The molecular weight excluding hydrogens is 476 g/mol. The van der Waals surface area contributed by atoms with Gasteiger partial charge in [0.15, 0.2) is 0 Å². The maximum Gasteiger partial charge on any atom is 0.251 e. The fourth-order valence-corrected chi connectivity index (χ4v) is 4.51. The molecule has 2 unspecified atom stereocenters. The first-order valence-corrected chi connectivity index (χ1v) is 12.0. The molecule has 0 spiro atoms. The van der Waals surface area contributed by atoms with Crippen LogP contribution in [0.2, 0.25) is 0 Å². The molecule has 36 heavy (non-hydrogen) atoms. The van der Waals surface area contributed by atoms with Gasteiger partial charge < -0.3 is 20.9 Å². The van der Waals surface area contributed by atoms with E-state index >= 15 is 0 Å². The lowest BCUT2D eigenvalue weighted by atomic mass is 10.0. The number of benzene rings is 3. The second-order valence-electron chi connectivity index (χ2n) is 9.32. The molecule has 0 saturated heterocycles. The molecule has 190 valence electrons. The van der Waals surface area contributed by atoms with E-state index in [4.69, 9.17) is 0 Å². The Morgan fingerprint density at radius 3 is 2.31 bits per heavy atom. The molecule has 1 heterocycles. The quantitative estimate of drug-likeness (QED) is 0.449. The van der Waals surface area contributed by atoms with Crippen LogP contribution >= 0.6 is 12.4 Å². The highest BCUT2D eigenvalue weighted by Crippen LogP contribution is 2.36. The number of nitrogens with zero attached hydrogens (tertiary/aromatic N) is 1. The lowest BCUT2D eigenvalue weighted by Crippen LogP contribution is -2.55. The van der Waals surface area contributed by atoms with Gasteiger partial charge in [0.05, 0.1) is 6.04 Å². The Bertz CT molecular complexity index is 1260. The number of hydrogen-bond acceptors (Lipinski definition) is 4. The van der Waals surface area contributed by atoms with E-state index < -0.39 is 18.1 Å². The van der Waals surface area contributed by atoms with Crippen LogP contribution in [0.5, 0.6) is 0 Å². The fraction of sp³-hybridized carbons (Fsp3) is 0.321. The summed E-state index contributed by atoms with van der Waals surface area (Å²) in [6.45, 7) is 5.83. The molecule has 0 fully saturated rings. The summed E-state index contributed by atoms with van der Waals surface area (Å²) < 4.78 is 0. The molecule has 3 N–H and O–H groups in total. The number of carbonyl (C=O) groups excluding carboxylic acids is 3. The fourth-order valence-electron chi connectivity index (χ4n) is 4.51. The summed E-state index contributed by atoms with van der Waals surface area (Å²) >= 11 is 0. The predicted octanol–water partition coefficient (Wildman–Crippen LogP) is 4.03. The zero-order valence-electron chi connectivity index (χ0n) is 20.9. The largest absolute Gasteiger partial charge is 0.343 e. The highest BCUT2D eigenvalue weighted by atomic mass is 35.5. The highest BCUT2D eigenvalue weighted by molar-refractivity contribution is 6.05. The van der Waals surface area contributed by atoms with Gasteiger partial charge in [-0.05, 0) is 42.5 Å². The summed E-state index contributed by atoms with van der Waals surface area (Å²) in [4.78, 5) is 41.7. The number of rotatable bonds is 7. The molecule has 1 aliphatic rings. The third-order valence-electron chi connectivity index (χ3n) is 6.64. The van der Waals surface area contributed by atoms with Gasteiger partial charge in [-0.3, -0.25) is 14.4 Å². The van der Waals surface area contributed by atoms with Gasteiger partial charge in [-0.25, -0.2) is 0 Å². The summed E-state index contributed by atoms with van der Waals surface area (Å²) in [5.41, 5.74) is 2.42. The lowest BCUT2D eigenvalue weighted by Gasteiger charge is -2.31. The number of anilines is 1. The van der Waals surface area contributed by atoms with Crippen LogP contribution in [-0.4, -0.2) is 41.8 Å². The van der Waals surface area contributed by atoms with Gasteiger partial charge in [-0.15, -0.1) is 12.4 Å². The first-order chi connectivity index (χ1) is 16.8. The van der Waals surface area contributed by atoms with Crippen molar-refractivity contribution in [3.05, 3.63) is 77.9 Å². The number of carbonyl (C=O) groups is 3. The van der Waals surface area contributed by atoms with Crippen molar-refractivity contribution in [1.29, 1.82) is 0 Å². The summed E-state index contributed by atoms with van der Waals surface area (Å²) in [5, 5.41) is 10.8. The van der Waals surface area contributed by atoms with Gasteiger partial charge in [0, 0.05) is 17.6 Å². The molecule has 1 aliphatic heterocycles. The molecule has 0 saturated carbocycles. The first-order valence-electron chi connectivity index (χ1n) is 12.0. The third-order valence-corrected chi connectivity index (χ3v) is 6.64. The minimum Gasteiger partial charge on any atom is -0.343 e. The predicted molar refractivity (Wildman–Crippen MR) is 145 cm³/mol.